The number of carbonyl (C=O) groups is 3. The molecule has 0 saturated carbocycles. The van der Waals surface area contributed by atoms with Gasteiger partial charge in [0, 0.05) is 12.2 Å². The van der Waals surface area contributed by atoms with E-state index in [4.69, 9.17) is 4.74 Å². The Kier molecular flexibility index (Phi) is 4.87. The molecule has 2 atom stereocenters. The summed E-state index contributed by atoms with van der Waals surface area (Å²) in [5.41, 5.74) is -0.566. The standard InChI is InChI=1S/C16H15F3N2O4S/c1-16-5-4-12(23)21(16)10(7-26-16)15(24)25-6-11(22)20-9-3-2-8(17)13(18)14(9)19/h2-3,10H,4-7H2,1H3,(H,20,22)/t10-,16-/m1/s1. The molecule has 0 aromatic heterocycles. The molecule has 0 unspecified atom stereocenters. The number of esters is 1. The monoisotopic (exact) mass is 388 g/mol. The molecule has 1 aromatic rings. The summed E-state index contributed by atoms with van der Waals surface area (Å²) in [6, 6.07) is 0.734. The molecule has 3 rings (SSSR count). The molecule has 2 saturated heterocycles. The van der Waals surface area contributed by atoms with Crippen LogP contribution < -0.4 is 5.32 Å². The van der Waals surface area contributed by atoms with Crippen molar-refractivity contribution in [1.29, 1.82) is 0 Å². The Morgan fingerprint density at radius 2 is 2.08 bits per heavy atom. The predicted octanol–water partition coefficient (Wildman–Crippen LogP) is 2.04. The fraction of sp³-hybridized carbons (Fsp3) is 0.438. The molecule has 2 fully saturated rings. The van der Waals surface area contributed by atoms with Crippen LogP contribution in [0, 0.1) is 17.5 Å². The average molecular weight is 388 g/mol. The Morgan fingerprint density at radius 1 is 1.35 bits per heavy atom. The van der Waals surface area contributed by atoms with E-state index in [1.165, 1.54) is 16.7 Å². The molecule has 26 heavy (non-hydrogen) atoms. The first-order valence-electron chi connectivity index (χ1n) is 7.79. The number of nitrogens with zero attached hydrogens (tertiary/aromatic N) is 1. The molecule has 0 bridgehead atoms. The molecule has 2 aliphatic heterocycles. The number of ether oxygens (including phenoxy) is 1. The summed E-state index contributed by atoms with van der Waals surface area (Å²) in [4.78, 5) is 37.0. The number of fused-ring (bicyclic) bond motifs is 1. The zero-order valence-corrected chi connectivity index (χ0v) is 14.5. The van der Waals surface area contributed by atoms with E-state index >= 15 is 0 Å². The summed E-state index contributed by atoms with van der Waals surface area (Å²) in [7, 11) is 0. The van der Waals surface area contributed by atoms with E-state index in [1.807, 2.05) is 12.2 Å². The van der Waals surface area contributed by atoms with Gasteiger partial charge in [0.05, 0.1) is 10.6 Å². The van der Waals surface area contributed by atoms with Gasteiger partial charge in [-0.2, -0.15) is 0 Å². The van der Waals surface area contributed by atoms with Crippen molar-refractivity contribution in [3.63, 3.8) is 0 Å². The van der Waals surface area contributed by atoms with E-state index in [0.717, 1.165) is 6.07 Å². The number of nitrogens with one attached hydrogen (secondary N) is 1. The summed E-state index contributed by atoms with van der Waals surface area (Å²) >= 11 is 1.47. The molecule has 0 aliphatic carbocycles. The molecule has 10 heteroatoms. The summed E-state index contributed by atoms with van der Waals surface area (Å²) in [6.45, 7) is 1.13. The van der Waals surface area contributed by atoms with Crippen LogP contribution in [0.25, 0.3) is 0 Å². The van der Waals surface area contributed by atoms with Crippen molar-refractivity contribution >= 4 is 35.2 Å². The Labute approximate surface area is 151 Å². The maximum absolute atomic E-state index is 13.5. The lowest BCUT2D eigenvalue weighted by molar-refractivity contribution is -0.155. The summed E-state index contributed by atoms with van der Waals surface area (Å²) < 4.78 is 44.4. The molecule has 2 aliphatic rings. The van der Waals surface area contributed by atoms with Gasteiger partial charge >= 0.3 is 5.97 Å². The van der Waals surface area contributed by atoms with Crippen LogP contribution in [0.2, 0.25) is 0 Å². The minimum absolute atomic E-state index is 0.146. The van der Waals surface area contributed by atoms with Crippen molar-refractivity contribution in [3.05, 3.63) is 29.6 Å². The van der Waals surface area contributed by atoms with Crippen LogP contribution >= 0.6 is 11.8 Å². The quantitative estimate of drug-likeness (QED) is 0.631. The largest absolute Gasteiger partial charge is 0.454 e. The van der Waals surface area contributed by atoms with Gasteiger partial charge in [0.25, 0.3) is 5.91 Å². The smallest absolute Gasteiger partial charge is 0.330 e. The van der Waals surface area contributed by atoms with Gasteiger partial charge in [-0.25, -0.2) is 18.0 Å². The number of benzene rings is 1. The van der Waals surface area contributed by atoms with E-state index in [0.29, 0.717) is 24.7 Å². The SMILES string of the molecule is C[C@@]12CCC(=O)N1[C@@H](C(=O)OCC(=O)Nc1ccc(F)c(F)c1F)CS2. The summed E-state index contributed by atoms with van der Waals surface area (Å²) in [6.07, 6.45) is 0.985. The fourth-order valence-corrected chi connectivity index (χ4v) is 4.45. The molecule has 1 aromatic carbocycles. The van der Waals surface area contributed by atoms with Crippen LogP contribution in [0.4, 0.5) is 18.9 Å². The second-order valence-electron chi connectivity index (χ2n) is 6.14. The van der Waals surface area contributed by atoms with Gasteiger partial charge in [0.15, 0.2) is 24.1 Å². The zero-order valence-electron chi connectivity index (χ0n) is 13.7. The number of rotatable bonds is 4. The van der Waals surface area contributed by atoms with Gasteiger partial charge in [-0.1, -0.05) is 0 Å². The topological polar surface area (TPSA) is 75.7 Å². The molecule has 2 amide bonds. The summed E-state index contributed by atoms with van der Waals surface area (Å²) in [5.74, 6) is -6.08. The zero-order chi connectivity index (χ0) is 19.1. The first kappa shape index (κ1) is 18.6. The van der Waals surface area contributed by atoms with Gasteiger partial charge in [0.2, 0.25) is 5.91 Å². The number of hydrogen-bond acceptors (Lipinski definition) is 5. The highest BCUT2D eigenvalue weighted by molar-refractivity contribution is 8.01. The number of hydrogen-bond donors (Lipinski definition) is 1. The number of anilines is 1. The van der Waals surface area contributed by atoms with Crippen molar-refractivity contribution in [1.82, 2.24) is 4.90 Å². The van der Waals surface area contributed by atoms with E-state index in [-0.39, 0.29) is 5.91 Å². The highest BCUT2D eigenvalue weighted by Gasteiger charge is 2.53. The van der Waals surface area contributed by atoms with Crippen molar-refractivity contribution in [3.8, 4) is 0 Å². The molecule has 0 radical (unpaired) electrons. The van der Waals surface area contributed by atoms with Gasteiger partial charge < -0.3 is 15.0 Å². The minimum atomic E-state index is -1.71. The average Bonchev–Trinajstić information content (AvgIpc) is 3.09. The van der Waals surface area contributed by atoms with Gasteiger partial charge in [-0.05, 0) is 25.5 Å². The van der Waals surface area contributed by atoms with Crippen LogP contribution in [-0.4, -0.2) is 46.0 Å². The number of carbonyl (C=O) groups excluding carboxylic acids is 3. The third-order valence-corrected chi connectivity index (χ3v) is 5.88. The fourth-order valence-electron chi connectivity index (χ4n) is 3.04. The van der Waals surface area contributed by atoms with Crippen LogP contribution in [0.5, 0.6) is 0 Å². The van der Waals surface area contributed by atoms with Crippen LogP contribution in [-0.2, 0) is 19.1 Å². The van der Waals surface area contributed by atoms with Crippen molar-refractivity contribution < 1.29 is 32.3 Å². The van der Waals surface area contributed by atoms with E-state index < -0.39 is 52.5 Å². The molecule has 0 spiro atoms. The molecule has 6 nitrogen and oxygen atoms in total. The first-order chi connectivity index (χ1) is 12.2. The lowest BCUT2D eigenvalue weighted by atomic mass is 10.2. The van der Waals surface area contributed by atoms with Gasteiger partial charge in [0.1, 0.15) is 6.04 Å². The van der Waals surface area contributed by atoms with E-state index in [1.54, 1.807) is 0 Å². The lowest BCUT2D eigenvalue weighted by Gasteiger charge is -2.29. The summed E-state index contributed by atoms with van der Waals surface area (Å²) in [5, 5.41) is 2.00. The second-order valence-corrected chi connectivity index (χ2v) is 7.65. The highest BCUT2D eigenvalue weighted by atomic mass is 32.2. The van der Waals surface area contributed by atoms with Crippen LogP contribution in [0.1, 0.15) is 19.8 Å². The second kappa shape index (κ2) is 6.82. The Bertz CT molecular complexity index is 791. The predicted molar refractivity (Wildman–Crippen MR) is 86.6 cm³/mol. The number of halogens is 3. The van der Waals surface area contributed by atoms with Crippen LogP contribution in [0.3, 0.4) is 0 Å². The Hall–Kier alpha value is -2.23. The van der Waals surface area contributed by atoms with Crippen molar-refractivity contribution in [2.24, 2.45) is 0 Å². The number of thioether (sulfide) groups is 1. The van der Waals surface area contributed by atoms with Crippen molar-refractivity contribution in [2.75, 3.05) is 17.7 Å². The molecular weight excluding hydrogens is 373 g/mol. The van der Waals surface area contributed by atoms with Gasteiger partial charge in [-0.15, -0.1) is 11.8 Å². The Morgan fingerprint density at radius 3 is 2.81 bits per heavy atom. The molecule has 2 heterocycles. The Balaban J connectivity index is 1.58. The normalized spacial score (nSPS) is 24.5. The molecule has 140 valence electrons. The minimum Gasteiger partial charge on any atom is -0.454 e. The molecule has 1 N–H and O–H groups in total. The first-order valence-corrected chi connectivity index (χ1v) is 8.77. The van der Waals surface area contributed by atoms with Gasteiger partial charge in [-0.3, -0.25) is 9.59 Å². The third-order valence-electron chi connectivity index (χ3n) is 4.37. The van der Waals surface area contributed by atoms with Crippen LogP contribution in [0.15, 0.2) is 12.1 Å². The number of amides is 2. The maximum atomic E-state index is 13.5. The van der Waals surface area contributed by atoms with E-state index in [9.17, 15) is 27.6 Å². The highest BCUT2D eigenvalue weighted by Crippen LogP contribution is 2.47. The molecular formula is C16H15F3N2O4S. The lowest BCUT2D eigenvalue weighted by Crippen LogP contribution is -2.47. The van der Waals surface area contributed by atoms with Crippen molar-refractivity contribution in [2.45, 2.75) is 30.7 Å². The third kappa shape index (κ3) is 3.25. The van der Waals surface area contributed by atoms with E-state index in [2.05, 4.69) is 0 Å². The maximum Gasteiger partial charge on any atom is 0.330 e.